The Kier molecular flexibility index (Phi) is 6.78. The zero-order valence-electron chi connectivity index (χ0n) is 13.9. The molecule has 1 aliphatic rings. The standard InChI is InChI=1S/C17H24N2O4S/c1-12(20)18-14(15-6-4-10-24-15)11-16(21)19-9-3-2-5-13(19)7-8-17(22)23/h4,6,10,13-14H,2-3,5,7-9,11H2,1H3,(H,18,20)(H,22,23). The number of nitrogens with one attached hydrogen (secondary N) is 1. The lowest BCUT2D eigenvalue weighted by atomic mass is 9.97. The molecule has 0 aromatic carbocycles. The van der Waals surface area contributed by atoms with Gasteiger partial charge >= 0.3 is 5.97 Å². The zero-order valence-corrected chi connectivity index (χ0v) is 14.7. The number of amides is 2. The lowest BCUT2D eigenvalue weighted by Gasteiger charge is -2.36. The Hall–Kier alpha value is -1.89. The molecule has 1 saturated heterocycles. The van der Waals surface area contributed by atoms with E-state index in [1.54, 1.807) is 0 Å². The maximum atomic E-state index is 12.8. The minimum absolute atomic E-state index is 0.0105. The van der Waals surface area contributed by atoms with E-state index in [9.17, 15) is 14.4 Å². The van der Waals surface area contributed by atoms with E-state index in [0.29, 0.717) is 13.0 Å². The number of rotatable bonds is 7. The summed E-state index contributed by atoms with van der Waals surface area (Å²) in [5.74, 6) is -1.01. The van der Waals surface area contributed by atoms with Crippen LogP contribution in [0.15, 0.2) is 17.5 Å². The maximum Gasteiger partial charge on any atom is 0.303 e. The summed E-state index contributed by atoms with van der Waals surface area (Å²) in [4.78, 5) is 37.8. The van der Waals surface area contributed by atoms with Crippen LogP contribution < -0.4 is 5.32 Å². The van der Waals surface area contributed by atoms with E-state index >= 15 is 0 Å². The topological polar surface area (TPSA) is 86.7 Å². The Balaban J connectivity index is 2.03. The van der Waals surface area contributed by atoms with Crippen molar-refractivity contribution < 1.29 is 19.5 Å². The Morgan fingerprint density at radius 1 is 1.42 bits per heavy atom. The van der Waals surface area contributed by atoms with Gasteiger partial charge in [0.05, 0.1) is 12.5 Å². The fourth-order valence-corrected chi connectivity index (χ4v) is 3.95. The van der Waals surface area contributed by atoms with Crippen molar-refractivity contribution >= 4 is 29.1 Å². The SMILES string of the molecule is CC(=O)NC(CC(=O)N1CCCCC1CCC(=O)O)c1cccs1. The molecule has 0 spiro atoms. The molecule has 0 aliphatic carbocycles. The molecule has 0 radical (unpaired) electrons. The van der Waals surface area contributed by atoms with E-state index in [0.717, 1.165) is 24.1 Å². The highest BCUT2D eigenvalue weighted by atomic mass is 32.1. The molecule has 2 unspecified atom stereocenters. The summed E-state index contributed by atoms with van der Waals surface area (Å²) in [6.07, 6.45) is 3.60. The number of carbonyl (C=O) groups excluding carboxylic acids is 2. The van der Waals surface area contributed by atoms with Crippen LogP contribution in [0.1, 0.15) is 56.4 Å². The lowest BCUT2D eigenvalue weighted by molar-refractivity contribution is -0.140. The second-order valence-electron chi connectivity index (χ2n) is 6.14. The fraction of sp³-hybridized carbons (Fsp3) is 0.588. The highest BCUT2D eigenvalue weighted by Crippen LogP contribution is 2.26. The summed E-state index contributed by atoms with van der Waals surface area (Å²) in [5, 5.41) is 13.7. The molecule has 132 valence electrons. The number of nitrogens with zero attached hydrogens (tertiary/aromatic N) is 1. The highest BCUT2D eigenvalue weighted by molar-refractivity contribution is 7.10. The molecule has 0 saturated carbocycles. The first-order valence-electron chi connectivity index (χ1n) is 8.29. The van der Waals surface area contributed by atoms with Gasteiger partial charge in [0.2, 0.25) is 11.8 Å². The van der Waals surface area contributed by atoms with Crippen molar-refractivity contribution in [3.05, 3.63) is 22.4 Å². The molecule has 7 heteroatoms. The van der Waals surface area contributed by atoms with Crippen LogP contribution in [0.4, 0.5) is 0 Å². The zero-order chi connectivity index (χ0) is 17.5. The average molecular weight is 352 g/mol. The molecule has 1 aromatic heterocycles. The second kappa shape index (κ2) is 8.82. The largest absolute Gasteiger partial charge is 0.481 e. The number of carboxylic acid groups (broad SMARTS) is 1. The normalized spacial score (nSPS) is 18.9. The molecule has 2 N–H and O–H groups in total. The first-order chi connectivity index (χ1) is 11.5. The molecular weight excluding hydrogens is 328 g/mol. The number of hydrogen-bond acceptors (Lipinski definition) is 4. The summed E-state index contributed by atoms with van der Waals surface area (Å²) in [6, 6.07) is 3.48. The Morgan fingerprint density at radius 2 is 2.21 bits per heavy atom. The predicted octanol–water partition coefficient (Wildman–Crippen LogP) is 2.56. The monoisotopic (exact) mass is 352 g/mol. The number of carbonyl (C=O) groups is 3. The molecule has 1 fully saturated rings. The van der Waals surface area contributed by atoms with Crippen molar-refractivity contribution in [2.45, 2.75) is 57.5 Å². The molecule has 2 heterocycles. The summed E-state index contributed by atoms with van der Waals surface area (Å²) < 4.78 is 0. The molecule has 2 atom stereocenters. The van der Waals surface area contributed by atoms with Gasteiger partial charge in [0, 0.05) is 30.8 Å². The quantitative estimate of drug-likeness (QED) is 0.789. The second-order valence-corrected chi connectivity index (χ2v) is 7.12. The molecule has 6 nitrogen and oxygen atoms in total. The first kappa shape index (κ1) is 18.4. The minimum Gasteiger partial charge on any atom is -0.481 e. The predicted molar refractivity (Wildman–Crippen MR) is 91.7 cm³/mol. The van der Waals surface area contributed by atoms with E-state index in [2.05, 4.69) is 5.32 Å². The van der Waals surface area contributed by atoms with Gasteiger partial charge in [-0.3, -0.25) is 14.4 Å². The third-order valence-corrected chi connectivity index (χ3v) is 5.27. The third kappa shape index (κ3) is 5.33. The third-order valence-electron chi connectivity index (χ3n) is 4.28. The van der Waals surface area contributed by atoms with Gasteiger partial charge in [-0.05, 0) is 37.1 Å². The van der Waals surface area contributed by atoms with Gasteiger partial charge in [-0.1, -0.05) is 6.07 Å². The molecule has 24 heavy (non-hydrogen) atoms. The van der Waals surface area contributed by atoms with Gasteiger partial charge in [-0.2, -0.15) is 0 Å². The average Bonchev–Trinajstić information content (AvgIpc) is 3.06. The van der Waals surface area contributed by atoms with Gasteiger partial charge in [0.1, 0.15) is 0 Å². The van der Waals surface area contributed by atoms with Gasteiger partial charge in [0.25, 0.3) is 0 Å². The van der Waals surface area contributed by atoms with Crippen molar-refractivity contribution in [1.82, 2.24) is 10.2 Å². The van der Waals surface area contributed by atoms with Crippen molar-refractivity contribution in [2.24, 2.45) is 0 Å². The van der Waals surface area contributed by atoms with Crippen LogP contribution in [0.2, 0.25) is 0 Å². The fourth-order valence-electron chi connectivity index (χ4n) is 3.17. The summed E-state index contributed by atoms with van der Waals surface area (Å²) in [6.45, 7) is 2.11. The molecule has 0 bridgehead atoms. The molecule has 2 amide bonds. The van der Waals surface area contributed by atoms with E-state index in [1.807, 2.05) is 22.4 Å². The molecule has 1 aromatic rings. The summed E-state index contributed by atoms with van der Waals surface area (Å²) >= 11 is 1.51. The van der Waals surface area contributed by atoms with Gasteiger partial charge in [-0.25, -0.2) is 0 Å². The van der Waals surface area contributed by atoms with Crippen LogP contribution in [0.3, 0.4) is 0 Å². The maximum absolute atomic E-state index is 12.8. The number of piperidine rings is 1. The summed E-state index contributed by atoms with van der Waals surface area (Å²) in [7, 11) is 0. The molecule has 2 rings (SSSR count). The number of likely N-dealkylation sites (tertiary alicyclic amines) is 1. The number of thiophene rings is 1. The minimum atomic E-state index is -0.831. The van der Waals surface area contributed by atoms with E-state index in [1.165, 1.54) is 18.3 Å². The lowest BCUT2D eigenvalue weighted by Crippen LogP contribution is -2.45. The van der Waals surface area contributed by atoms with Crippen molar-refractivity contribution in [1.29, 1.82) is 0 Å². The van der Waals surface area contributed by atoms with Crippen LogP contribution in [-0.2, 0) is 14.4 Å². The Labute approximate surface area is 145 Å². The molecular formula is C17H24N2O4S. The van der Waals surface area contributed by atoms with E-state index < -0.39 is 5.97 Å². The smallest absolute Gasteiger partial charge is 0.303 e. The number of hydrogen-bond donors (Lipinski definition) is 2. The van der Waals surface area contributed by atoms with Gasteiger partial charge < -0.3 is 15.3 Å². The highest BCUT2D eigenvalue weighted by Gasteiger charge is 2.29. The van der Waals surface area contributed by atoms with Crippen LogP contribution in [-0.4, -0.2) is 40.4 Å². The van der Waals surface area contributed by atoms with Crippen molar-refractivity contribution in [3.63, 3.8) is 0 Å². The number of carboxylic acids is 1. The van der Waals surface area contributed by atoms with Crippen LogP contribution in [0, 0.1) is 0 Å². The van der Waals surface area contributed by atoms with Crippen LogP contribution in [0.25, 0.3) is 0 Å². The van der Waals surface area contributed by atoms with Gasteiger partial charge in [-0.15, -0.1) is 11.3 Å². The van der Waals surface area contributed by atoms with Gasteiger partial charge in [0.15, 0.2) is 0 Å². The van der Waals surface area contributed by atoms with Crippen LogP contribution in [0.5, 0.6) is 0 Å². The Bertz CT molecular complexity index is 573. The van der Waals surface area contributed by atoms with Crippen molar-refractivity contribution in [2.75, 3.05) is 6.54 Å². The summed E-state index contributed by atoms with van der Waals surface area (Å²) in [5.41, 5.74) is 0. The number of aliphatic carboxylic acids is 1. The van der Waals surface area contributed by atoms with E-state index in [-0.39, 0.29) is 36.7 Å². The van der Waals surface area contributed by atoms with Crippen LogP contribution >= 0.6 is 11.3 Å². The van der Waals surface area contributed by atoms with Crippen molar-refractivity contribution in [3.8, 4) is 0 Å². The molecule has 1 aliphatic heterocycles. The van der Waals surface area contributed by atoms with E-state index in [4.69, 9.17) is 5.11 Å². The first-order valence-corrected chi connectivity index (χ1v) is 9.17. The Morgan fingerprint density at radius 3 is 2.83 bits per heavy atom.